The smallest absolute Gasteiger partial charge is 0.335 e. The summed E-state index contributed by atoms with van der Waals surface area (Å²) in [6.07, 6.45) is 5.16. The Morgan fingerprint density at radius 2 is 2.24 bits per heavy atom. The highest BCUT2D eigenvalue weighted by Gasteiger charge is 2.09. The Morgan fingerprint density at radius 1 is 1.43 bits per heavy atom. The Bertz CT molecular complexity index is 625. The highest BCUT2D eigenvalue weighted by Crippen LogP contribution is 2.10. The molecule has 110 valence electrons. The van der Waals surface area contributed by atoms with E-state index < -0.39 is 5.97 Å². The number of carbonyl (C=O) groups is 2. The van der Waals surface area contributed by atoms with E-state index in [2.05, 4.69) is 15.6 Å². The molecule has 21 heavy (non-hydrogen) atoms. The van der Waals surface area contributed by atoms with Gasteiger partial charge in [-0.05, 0) is 25.1 Å². The number of hydrogen-bond donors (Lipinski definition) is 3. The van der Waals surface area contributed by atoms with Crippen LogP contribution in [0.2, 0.25) is 0 Å². The quantitative estimate of drug-likeness (QED) is 0.781. The van der Waals surface area contributed by atoms with Gasteiger partial charge in [0.2, 0.25) is 0 Å². The first-order valence-corrected chi connectivity index (χ1v) is 6.41. The number of aromatic carboxylic acids is 1. The van der Waals surface area contributed by atoms with Gasteiger partial charge in [-0.1, -0.05) is 6.07 Å². The summed E-state index contributed by atoms with van der Waals surface area (Å²) in [5.74, 6) is -1.03. The van der Waals surface area contributed by atoms with Crippen LogP contribution in [-0.2, 0) is 6.54 Å². The lowest BCUT2D eigenvalue weighted by Gasteiger charge is -2.15. The van der Waals surface area contributed by atoms with Gasteiger partial charge in [-0.15, -0.1) is 0 Å². The van der Waals surface area contributed by atoms with E-state index in [9.17, 15) is 9.59 Å². The van der Waals surface area contributed by atoms with Crippen molar-refractivity contribution in [2.75, 3.05) is 5.32 Å². The van der Waals surface area contributed by atoms with E-state index in [-0.39, 0.29) is 17.6 Å². The zero-order valence-electron chi connectivity index (χ0n) is 11.5. The lowest BCUT2D eigenvalue weighted by atomic mass is 10.2. The van der Waals surface area contributed by atoms with Crippen molar-refractivity contribution in [2.45, 2.75) is 19.5 Å². The summed E-state index contributed by atoms with van der Waals surface area (Å²) in [7, 11) is 0. The van der Waals surface area contributed by atoms with E-state index >= 15 is 0 Å². The van der Waals surface area contributed by atoms with Gasteiger partial charge in [-0.2, -0.15) is 0 Å². The number of anilines is 1. The van der Waals surface area contributed by atoms with Gasteiger partial charge >= 0.3 is 12.0 Å². The van der Waals surface area contributed by atoms with E-state index in [0.29, 0.717) is 12.2 Å². The summed E-state index contributed by atoms with van der Waals surface area (Å²) in [4.78, 5) is 26.6. The van der Waals surface area contributed by atoms with E-state index in [1.165, 1.54) is 12.1 Å². The number of nitrogens with one attached hydrogen (secondary N) is 2. The van der Waals surface area contributed by atoms with Crippen LogP contribution in [0, 0.1) is 0 Å². The molecular weight excluding hydrogens is 272 g/mol. The lowest BCUT2D eigenvalue weighted by Crippen LogP contribution is -2.38. The molecule has 0 spiro atoms. The number of benzene rings is 1. The summed E-state index contributed by atoms with van der Waals surface area (Å²) in [6, 6.07) is 5.60. The molecule has 0 fully saturated rings. The second kappa shape index (κ2) is 6.56. The van der Waals surface area contributed by atoms with Gasteiger partial charge in [-0.3, -0.25) is 0 Å². The number of urea groups is 1. The predicted octanol–water partition coefficient (Wildman–Crippen LogP) is 1.79. The second-order valence-electron chi connectivity index (χ2n) is 4.64. The lowest BCUT2D eigenvalue weighted by molar-refractivity contribution is 0.0697. The van der Waals surface area contributed by atoms with E-state index in [1.54, 1.807) is 24.7 Å². The number of amides is 2. The van der Waals surface area contributed by atoms with Crippen LogP contribution in [0.5, 0.6) is 0 Å². The van der Waals surface area contributed by atoms with Gasteiger partial charge in [0.1, 0.15) is 0 Å². The maximum absolute atomic E-state index is 11.8. The Balaban J connectivity index is 1.89. The molecule has 0 bridgehead atoms. The highest BCUT2D eigenvalue weighted by molar-refractivity contribution is 5.93. The number of carboxylic acid groups (broad SMARTS) is 1. The topological polar surface area (TPSA) is 96.3 Å². The molecule has 0 aliphatic carbocycles. The third-order valence-corrected chi connectivity index (χ3v) is 2.79. The Hall–Kier alpha value is -2.83. The van der Waals surface area contributed by atoms with Gasteiger partial charge in [0.25, 0.3) is 0 Å². The number of carboxylic acids is 1. The van der Waals surface area contributed by atoms with Crippen LogP contribution in [-0.4, -0.2) is 32.7 Å². The first kappa shape index (κ1) is 14.6. The third-order valence-electron chi connectivity index (χ3n) is 2.79. The summed E-state index contributed by atoms with van der Waals surface area (Å²) < 4.78 is 1.86. The number of hydrogen-bond acceptors (Lipinski definition) is 3. The number of carbonyl (C=O) groups excluding carboxylic acids is 1. The van der Waals surface area contributed by atoms with Crippen LogP contribution in [0.25, 0.3) is 0 Å². The fourth-order valence-corrected chi connectivity index (χ4v) is 1.88. The summed E-state index contributed by atoms with van der Waals surface area (Å²) in [5, 5.41) is 14.3. The first-order valence-electron chi connectivity index (χ1n) is 6.41. The Kier molecular flexibility index (Phi) is 4.55. The molecule has 2 amide bonds. The SMILES string of the molecule is CC(Cn1ccnc1)NC(=O)Nc1cccc(C(=O)O)c1. The maximum Gasteiger partial charge on any atom is 0.335 e. The molecule has 1 aromatic carbocycles. The van der Waals surface area contributed by atoms with Gasteiger partial charge in [0, 0.05) is 30.7 Å². The molecule has 3 N–H and O–H groups in total. The Labute approximate surface area is 121 Å². The maximum atomic E-state index is 11.8. The highest BCUT2D eigenvalue weighted by atomic mass is 16.4. The van der Waals surface area contributed by atoms with Gasteiger partial charge in [0.05, 0.1) is 11.9 Å². The molecule has 2 aromatic rings. The number of aromatic nitrogens is 2. The molecule has 1 atom stereocenters. The minimum atomic E-state index is -1.03. The molecule has 0 aliphatic heterocycles. The van der Waals surface area contributed by atoms with Crippen LogP contribution >= 0.6 is 0 Å². The van der Waals surface area contributed by atoms with Gasteiger partial charge in [-0.25, -0.2) is 14.6 Å². The fraction of sp³-hybridized carbons (Fsp3) is 0.214. The zero-order valence-corrected chi connectivity index (χ0v) is 11.5. The van der Waals surface area contributed by atoms with Crippen LogP contribution in [0.3, 0.4) is 0 Å². The Morgan fingerprint density at radius 3 is 2.90 bits per heavy atom. The zero-order chi connectivity index (χ0) is 15.2. The van der Waals surface area contributed by atoms with Crippen LogP contribution in [0.15, 0.2) is 43.0 Å². The number of imidazole rings is 1. The average molecular weight is 288 g/mol. The van der Waals surface area contributed by atoms with E-state index in [0.717, 1.165) is 0 Å². The molecule has 7 nitrogen and oxygen atoms in total. The van der Waals surface area contributed by atoms with Crippen LogP contribution < -0.4 is 10.6 Å². The molecule has 1 aromatic heterocycles. The minimum absolute atomic E-state index is 0.0955. The summed E-state index contributed by atoms with van der Waals surface area (Å²) in [6.45, 7) is 2.47. The third kappa shape index (κ3) is 4.34. The first-order chi connectivity index (χ1) is 10.0. The fourth-order valence-electron chi connectivity index (χ4n) is 1.88. The summed E-state index contributed by atoms with van der Waals surface area (Å²) in [5.41, 5.74) is 0.557. The van der Waals surface area contributed by atoms with Crippen molar-refractivity contribution >= 4 is 17.7 Å². The normalized spacial score (nSPS) is 11.7. The molecular formula is C14H16N4O3. The largest absolute Gasteiger partial charge is 0.478 e. The molecule has 0 saturated heterocycles. The molecule has 7 heteroatoms. The van der Waals surface area contributed by atoms with Crippen molar-refractivity contribution in [1.29, 1.82) is 0 Å². The summed E-state index contributed by atoms with van der Waals surface area (Å²) >= 11 is 0. The van der Waals surface area contributed by atoms with E-state index in [1.807, 2.05) is 17.7 Å². The van der Waals surface area contributed by atoms with Crippen LogP contribution in [0.1, 0.15) is 17.3 Å². The van der Waals surface area contributed by atoms with Crippen molar-refractivity contribution in [3.63, 3.8) is 0 Å². The number of rotatable bonds is 5. The van der Waals surface area contributed by atoms with Crippen molar-refractivity contribution < 1.29 is 14.7 Å². The minimum Gasteiger partial charge on any atom is -0.478 e. The standard InChI is InChI=1S/C14H16N4O3/c1-10(8-18-6-5-15-9-18)16-14(21)17-12-4-2-3-11(7-12)13(19)20/h2-7,9-10H,8H2,1H3,(H,19,20)(H2,16,17,21). The molecule has 1 heterocycles. The molecule has 0 aliphatic rings. The monoisotopic (exact) mass is 288 g/mol. The van der Waals surface area contributed by atoms with Crippen molar-refractivity contribution in [1.82, 2.24) is 14.9 Å². The van der Waals surface area contributed by atoms with Crippen LogP contribution in [0.4, 0.5) is 10.5 Å². The molecule has 0 radical (unpaired) electrons. The van der Waals surface area contributed by atoms with Crippen molar-refractivity contribution in [3.05, 3.63) is 48.5 Å². The number of nitrogens with zero attached hydrogens (tertiary/aromatic N) is 2. The van der Waals surface area contributed by atoms with E-state index in [4.69, 9.17) is 5.11 Å². The molecule has 0 saturated carbocycles. The predicted molar refractivity (Wildman–Crippen MR) is 77.2 cm³/mol. The van der Waals surface area contributed by atoms with Gasteiger partial charge < -0.3 is 20.3 Å². The van der Waals surface area contributed by atoms with Gasteiger partial charge in [0.15, 0.2) is 0 Å². The molecule has 2 rings (SSSR count). The van der Waals surface area contributed by atoms with Crippen molar-refractivity contribution in [3.8, 4) is 0 Å². The second-order valence-corrected chi connectivity index (χ2v) is 4.64. The average Bonchev–Trinajstić information content (AvgIpc) is 2.91. The molecule has 1 unspecified atom stereocenters. The van der Waals surface area contributed by atoms with Crippen molar-refractivity contribution in [2.24, 2.45) is 0 Å².